The van der Waals surface area contributed by atoms with E-state index < -0.39 is 5.60 Å². The number of hydrogen-bond donors (Lipinski definition) is 1. The van der Waals surface area contributed by atoms with Gasteiger partial charge in [0.15, 0.2) is 0 Å². The SMILES string of the molecule is CC(O)CCOc1cc(Cl)nc2c1CCOC21CCOC1. The van der Waals surface area contributed by atoms with Crippen molar-refractivity contribution in [3.05, 3.63) is 22.5 Å². The lowest BCUT2D eigenvalue weighted by molar-refractivity contribution is -0.0670. The number of aliphatic hydroxyl groups excluding tert-OH is 1. The van der Waals surface area contributed by atoms with Crippen molar-refractivity contribution in [3.63, 3.8) is 0 Å². The third-order valence-corrected chi connectivity index (χ3v) is 4.19. The zero-order valence-electron chi connectivity index (χ0n) is 12.1. The average Bonchev–Trinajstić information content (AvgIpc) is 2.89. The number of halogens is 1. The molecule has 0 aromatic carbocycles. The smallest absolute Gasteiger partial charge is 0.136 e. The highest BCUT2D eigenvalue weighted by molar-refractivity contribution is 6.29. The van der Waals surface area contributed by atoms with Gasteiger partial charge in [0.1, 0.15) is 16.5 Å². The predicted molar refractivity (Wildman–Crippen MR) is 77.8 cm³/mol. The number of aromatic nitrogens is 1. The van der Waals surface area contributed by atoms with E-state index in [0.717, 1.165) is 29.8 Å². The van der Waals surface area contributed by atoms with E-state index in [1.807, 2.05) is 0 Å². The molecule has 0 saturated carbocycles. The van der Waals surface area contributed by atoms with Crippen molar-refractivity contribution in [1.29, 1.82) is 0 Å². The van der Waals surface area contributed by atoms with Gasteiger partial charge < -0.3 is 19.3 Å². The van der Waals surface area contributed by atoms with Crippen molar-refractivity contribution in [1.82, 2.24) is 4.98 Å². The summed E-state index contributed by atoms with van der Waals surface area (Å²) in [4.78, 5) is 4.48. The summed E-state index contributed by atoms with van der Waals surface area (Å²) in [5, 5.41) is 9.74. The van der Waals surface area contributed by atoms with Gasteiger partial charge in [0.25, 0.3) is 0 Å². The Kier molecular flexibility index (Phi) is 4.36. The Morgan fingerprint density at radius 2 is 2.38 bits per heavy atom. The Labute approximate surface area is 129 Å². The van der Waals surface area contributed by atoms with Crippen LogP contribution in [0, 0.1) is 0 Å². The molecule has 1 N–H and O–H groups in total. The van der Waals surface area contributed by atoms with E-state index in [0.29, 0.717) is 38.0 Å². The Morgan fingerprint density at radius 3 is 3.10 bits per heavy atom. The second-order valence-corrected chi connectivity index (χ2v) is 6.04. The van der Waals surface area contributed by atoms with Crippen LogP contribution in [0.3, 0.4) is 0 Å². The van der Waals surface area contributed by atoms with Gasteiger partial charge in [0, 0.05) is 37.5 Å². The molecule has 2 aliphatic rings. The number of rotatable bonds is 4. The quantitative estimate of drug-likeness (QED) is 0.862. The summed E-state index contributed by atoms with van der Waals surface area (Å²) in [7, 11) is 0. The van der Waals surface area contributed by atoms with Gasteiger partial charge in [-0.1, -0.05) is 11.6 Å². The fourth-order valence-electron chi connectivity index (χ4n) is 2.87. The Balaban J connectivity index is 1.90. The molecule has 2 atom stereocenters. The van der Waals surface area contributed by atoms with Crippen LogP contribution in [0.2, 0.25) is 5.15 Å². The maximum absolute atomic E-state index is 9.34. The van der Waals surface area contributed by atoms with Gasteiger partial charge in [-0.3, -0.25) is 0 Å². The van der Waals surface area contributed by atoms with Gasteiger partial charge in [-0.05, 0) is 6.92 Å². The lowest BCUT2D eigenvalue weighted by atomic mass is 9.90. The zero-order chi connectivity index (χ0) is 14.9. The molecule has 3 heterocycles. The summed E-state index contributed by atoms with van der Waals surface area (Å²) in [6, 6.07) is 1.75. The number of nitrogens with zero attached hydrogens (tertiary/aromatic N) is 1. The van der Waals surface area contributed by atoms with Crippen LogP contribution in [0.15, 0.2) is 6.07 Å². The Morgan fingerprint density at radius 1 is 1.52 bits per heavy atom. The monoisotopic (exact) mass is 313 g/mol. The molecule has 1 aromatic rings. The lowest BCUT2D eigenvalue weighted by Crippen LogP contribution is -2.37. The molecule has 116 valence electrons. The summed E-state index contributed by atoms with van der Waals surface area (Å²) in [5.41, 5.74) is 1.44. The van der Waals surface area contributed by atoms with Crippen molar-refractivity contribution in [3.8, 4) is 5.75 Å². The van der Waals surface area contributed by atoms with Gasteiger partial charge in [-0.25, -0.2) is 4.98 Å². The lowest BCUT2D eigenvalue weighted by Gasteiger charge is -2.34. The summed E-state index contributed by atoms with van der Waals surface area (Å²) < 4.78 is 17.3. The minimum Gasteiger partial charge on any atom is -0.493 e. The predicted octanol–water partition coefficient (Wildman–Crippen LogP) is 2.07. The molecular weight excluding hydrogens is 294 g/mol. The first-order valence-corrected chi connectivity index (χ1v) is 7.71. The molecule has 1 fully saturated rings. The van der Waals surface area contributed by atoms with Gasteiger partial charge in [0.2, 0.25) is 0 Å². The molecule has 2 aliphatic heterocycles. The molecule has 1 spiro atoms. The van der Waals surface area contributed by atoms with Gasteiger partial charge in [-0.2, -0.15) is 0 Å². The minimum absolute atomic E-state index is 0.379. The maximum atomic E-state index is 9.34. The first-order chi connectivity index (χ1) is 10.1. The largest absolute Gasteiger partial charge is 0.493 e. The highest BCUT2D eigenvalue weighted by Gasteiger charge is 2.44. The van der Waals surface area contributed by atoms with Crippen LogP contribution < -0.4 is 4.74 Å². The third kappa shape index (κ3) is 3.01. The summed E-state index contributed by atoms with van der Waals surface area (Å²) in [6.45, 7) is 4.02. The van der Waals surface area contributed by atoms with E-state index >= 15 is 0 Å². The topological polar surface area (TPSA) is 60.8 Å². The number of aliphatic hydroxyl groups is 1. The van der Waals surface area contributed by atoms with E-state index in [-0.39, 0.29) is 6.10 Å². The summed E-state index contributed by atoms with van der Waals surface area (Å²) in [6.07, 6.45) is 1.75. The van der Waals surface area contributed by atoms with E-state index in [1.54, 1.807) is 13.0 Å². The van der Waals surface area contributed by atoms with Crippen molar-refractivity contribution in [2.45, 2.75) is 37.9 Å². The zero-order valence-corrected chi connectivity index (χ0v) is 12.9. The molecule has 6 heteroatoms. The van der Waals surface area contributed by atoms with Crippen LogP contribution in [0.25, 0.3) is 0 Å². The van der Waals surface area contributed by atoms with Crippen LogP contribution >= 0.6 is 11.6 Å². The van der Waals surface area contributed by atoms with E-state index in [1.165, 1.54) is 0 Å². The van der Waals surface area contributed by atoms with Crippen LogP contribution in [-0.2, 0) is 21.5 Å². The molecule has 0 radical (unpaired) electrons. The molecule has 0 amide bonds. The fraction of sp³-hybridized carbons (Fsp3) is 0.667. The molecule has 3 rings (SSSR count). The normalized spacial score (nSPS) is 25.9. The highest BCUT2D eigenvalue weighted by Crippen LogP contribution is 2.42. The number of fused-ring (bicyclic) bond motifs is 2. The molecule has 0 aliphatic carbocycles. The minimum atomic E-state index is -0.471. The third-order valence-electron chi connectivity index (χ3n) is 3.99. The molecule has 2 unspecified atom stereocenters. The maximum Gasteiger partial charge on any atom is 0.136 e. The van der Waals surface area contributed by atoms with Gasteiger partial charge in [-0.15, -0.1) is 0 Å². The van der Waals surface area contributed by atoms with Crippen molar-refractivity contribution >= 4 is 11.6 Å². The fourth-order valence-corrected chi connectivity index (χ4v) is 3.05. The van der Waals surface area contributed by atoms with Crippen LogP contribution in [0.1, 0.15) is 31.0 Å². The summed E-state index contributed by atoms with van der Waals surface area (Å²) >= 11 is 6.15. The van der Waals surface area contributed by atoms with Crippen molar-refractivity contribution in [2.75, 3.05) is 26.4 Å². The molecule has 1 aromatic heterocycles. The van der Waals surface area contributed by atoms with Crippen molar-refractivity contribution < 1.29 is 19.3 Å². The highest BCUT2D eigenvalue weighted by atomic mass is 35.5. The molecule has 1 saturated heterocycles. The molecular formula is C15H20ClNO4. The van der Waals surface area contributed by atoms with Gasteiger partial charge in [0.05, 0.1) is 31.6 Å². The van der Waals surface area contributed by atoms with Crippen molar-refractivity contribution in [2.24, 2.45) is 0 Å². The van der Waals surface area contributed by atoms with Crippen LogP contribution in [-0.4, -0.2) is 42.6 Å². The van der Waals surface area contributed by atoms with Crippen LogP contribution in [0.4, 0.5) is 0 Å². The first-order valence-electron chi connectivity index (χ1n) is 7.33. The molecule has 0 bridgehead atoms. The standard InChI is InChI=1S/C15H20ClNO4/c1-10(18)2-5-20-12-8-13(16)17-14-11(12)3-6-21-15(14)4-7-19-9-15/h8,10,18H,2-7,9H2,1H3. The Hall–Kier alpha value is -0.880. The van der Waals surface area contributed by atoms with E-state index in [9.17, 15) is 5.11 Å². The number of pyridine rings is 1. The molecule has 5 nitrogen and oxygen atoms in total. The average molecular weight is 314 g/mol. The second kappa shape index (κ2) is 6.08. The molecule has 21 heavy (non-hydrogen) atoms. The summed E-state index contributed by atoms with van der Waals surface area (Å²) in [5.74, 6) is 0.750. The van der Waals surface area contributed by atoms with E-state index in [2.05, 4.69) is 4.98 Å². The van der Waals surface area contributed by atoms with E-state index in [4.69, 9.17) is 25.8 Å². The first kappa shape index (κ1) is 15.0. The number of hydrogen-bond acceptors (Lipinski definition) is 5. The number of ether oxygens (including phenoxy) is 3. The van der Waals surface area contributed by atoms with Gasteiger partial charge >= 0.3 is 0 Å². The van der Waals surface area contributed by atoms with Crippen LogP contribution in [0.5, 0.6) is 5.75 Å². The second-order valence-electron chi connectivity index (χ2n) is 5.65. The Bertz CT molecular complexity index is 515.